The van der Waals surface area contributed by atoms with Gasteiger partial charge in [-0.05, 0) is 50.8 Å². The number of aliphatic hydroxyl groups is 2. The summed E-state index contributed by atoms with van der Waals surface area (Å²) in [6.45, 7) is 5.15. The van der Waals surface area contributed by atoms with Crippen LogP contribution in [0.2, 0.25) is 0 Å². The van der Waals surface area contributed by atoms with Crippen LogP contribution in [0.25, 0.3) is 0 Å². The number of rotatable bonds is 3. The first kappa shape index (κ1) is 14.3. The average Bonchev–Trinajstić information content (AvgIpc) is 2.38. The summed E-state index contributed by atoms with van der Waals surface area (Å²) in [6, 6.07) is 4.57. The second-order valence-electron chi connectivity index (χ2n) is 5.44. The Balaban J connectivity index is 2.15. The SMILES string of the molecule is CC(O)c1cc(F)ccc1N1CCC(C(C)O)CC1. The molecule has 1 saturated heterocycles. The van der Waals surface area contributed by atoms with Gasteiger partial charge in [0.2, 0.25) is 0 Å². The second-order valence-corrected chi connectivity index (χ2v) is 5.44. The molecule has 1 aromatic rings. The van der Waals surface area contributed by atoms with Crippen LogP contribution in [0.1, 0.15) is 38.4 Å². The number of piperidine rings is 1. The van der Waals surface area contributed by atoms with Crippen molar-refractivity contribution < 1.29 is 14.6 Å². The van der Waals surface area contributed by atoms with Crippen molar-refractivity contribution in [3.8, 4) is 0 Å². The van der Waals surface area contributed by atoms with E-state index in [0.29, 0.717) is 11.5 Å². The van der Waals surface area contributed by atoms with Crippen molar-refractivity contribution in [3.05, 3.63) is 29.6 Å². The molecule has 0 aliphatic carbocycles. The van der Waals surface area contributed by atoms with E-state index in [1.54, 1.807) is 13.0 Å². The van der Waals surface area contributed by atoms with Crippen LogP contribution >= 0.6 is 0 Å². The Labute approximate surface area is 113 Å². The minimum atomic E-state index is -0.680. The van der Waals surface area contributed by atoms with Crippen LogP contribution in [-0.2, 0) is 0 Å². The molecule has 4 heteroatoms. The summed E-state index contributed by atoms with van der Waals surface area (Å²) in [5.74, 6) is 0.0187. The summed E-state index contributed by atoms with van der Waals surface area (Å²) in [7, 11) is 0. The second kappa shape index (κ2) is 5.88. The number of hydrogen-bond donors (Lipinski definition) is 2. The molecular formula is C15H22FNO2. The highest BCUT2D eigenvalue weighted by Crippen LogP contribution is 2.31. The number of nitrogens with zero attached hydrogens (tertiary/aromatic N) is 1. The summed E-state index contributed by atoms with van der Waals surface area (Å²) < 4.78 is 13.3. The topological polar surface area (TPSA) is 43.7 Å². The fourth-order valence-corrected chi connectivity index (χ4v) is 2.77. The Morgan fingerprint density at radius 2 is 1.84 bits per heavy atom. The van der Waals surface area contributed by atoms with Crippen LogP contribution in [0.5, 0.6) is 0 Å². The van der Waals surface area contributed by atoms with Crippen molar-refractivity contribution in [3.63, 3.8) is 0 Å². The molecular weight excluding hydrogens is 245 g/mol. The lowest BCUT2D eigenvalue weighted by Crippen LogP contribution is -2.37. The van der Waals surface area contributed by atoms with E-state index in [1.165, 1.54) is 12.1 Å². The minimum Gasteiger partial charge on any atom is -0.393 e. The van der Waals surface area contributed by atoms with Crippen molar-refractivity contribution >= 4 is 5.69 Å². The molecule has 0 radical (unpaired) electrons. The summed E-state index contributed by atoms with van der Waals surface area (Å²) in [6.07, 6.45) is 0.898. The zero-order valence-electron chi connectivity index (χ0n) is 11.5. The van der Waals surface area contributed by atoms with Crippen LogP contribution in [0.15, 0.2) is 18.2 Å². The first-order valence-corrected chi connectivity index (χ1v) is 6.89. The molecule has 2 atom stereocenters. The highest BCUT2D eigenvalue weighted by Gasteiger charge is 2.24. The fourth-order valence-electron chi connectivity index (χ4n) is 2.77. The molecule has 106 valence electrons. The predicted molar refractivity (Wildman–Crippen MR) is 73.7 cm³/mol. The minimum absolute atomic E-state index is 0.272. The highest BCUT2D eigenvalue weighted by atomic mass is 19.1. The fraction of sp³-hybridized carbons (Fsp3) is 0.600. The standard InChI is InChI=1S/C15H22FNO2/c1-10(18)12-5-7-17(8-6-12)15-4-3-13(16)9-14(15)11(2)19/h3-4,9-12,18-19H,5-8H2,1-2H3. The molecule has 1 heterocycles. The molecule has 0 spiro atoms. The van der Waals surface area contributed by atoms with Gasteiger partial charge in [-0.1, -0.05) is 0 Å². The molecule has 3 nitrogen and oxygen atoms in total. The Morgan fingerprint density at radius 3 is 2.37 bits per heavy atom. The van der Waals surface area contributed by atoms with Crippen LogP contribution in [0, 0.1) is 11.7 Å². The molecule has 1 aromatic carbocycles. The van der Waals surface area contributed by atoms with Crippen molar-refractivity contribution in [2.45, 2.75) is 38.9 Å². The largest absolute Gasteiger partial charge is 0.393 e. The summed E-state index contributed by atoms with van der Waals surface area (Å²) in [5.41, 5.74) is 1.54. The maximum atomic E-state index is 13.3. The van der Waals surface area contributed by atoms with Gasteiger partial charge < -0.3 is 15.1 Å². The molecule has 1 aliphatic heterocycles. The Bertz CT molecular complexity index is 426. The Morgan fingerprint density at radius 1 is 1.21 bits per heavy atom. The van der Waals surface area contributed by atoms with E-state index in [9.17, 15) is 14.6 Å². The zero-order chi connectivity index (χ0) is 14.0. The van der Waals surface area contributed by atoms with Crippen molar-refractivity contribution in [2.75, 3.05) is 18.0 Å². The van der Waals surface area contributed by atoms with Gasteiger partial charge in [-0.15, -0.1) is 0 Å². The van der Waals surface area contributed by atoms with Crippen molar-refractivity contribution in [1.82, 2.24) is 0 Å². The zero-order valence-corrected chi connectivity index (χ0v) is 11.5. The van der Waals surface area contributed by atoms with E-state index in [2.05, 4.69) is 4.90 Å². The summed E-state index contributed by atoms with van der Waals surface area (Å²) >= 11 is 0. The molecule has 19 heavy (non-hydrogen) atoms. The molecule has 2 unspecified atom stereocenters. The lowest BCUT2D eigenvalue weighted by molar-refractivity contribution is 0.109. The normalized spacial score (nSPS) is 20.4. The van der Waals surface area contributed by atoms with E-state index in [1.807, 2.05) is 6.92 Å². The molecule has 0 bridgehead atoms. The van der Waals surface area contributed by atoms with Gasteiger partial charge in [0.05, 0.1) is 12.2 Å². The van der Waals surface area contributed by atoms with Crippen LogP contribution in [-0.4, -0.2) is 29.4 Å². The maximum Gasteiger partial charge on any atom is 0.123 e. The molecule has 0 saturated carbocycles. The van der Waals surface area contributed by atoms with Gasteiger partial charge in [0, 0.05) is 24.3 Å². The first-order valence-electron chi connectivity index (χ1n) is 6.89. The predicted octanol–water partition coefficient (Wildman–Crippen LogP) is 2.48. The number of halogens is 1. The van der Waals surface area contributed by atoms with E-state index in [0.717, 1.165) is 31.6 Å². The molecule has 2 rings (SSSR count). The Hall–Kier alpha value is -1.13. The molecule has 2 N–H and O–H groups in total. The van der Waals surface area contributed by atoms with Gasteiger partial charge >= 0.3 is 0 Å². The van der Waals surface area contributed by atoms with E-state index in [-0.39, 0.29) is 11.9 Å². The highest BCUT2D eigenvalue weighted by molar-refractivity contribution is 5.55. The van der Waals surface area contributed by atoms with Gasteiger partial charge in [0.1, 0.15) is 5.82 Å². The molecule has 1 fully saturated rings. The van der Waals surface area contributed by atoms with Crippen molar-refractivity contribution in [1.29, 1.82) is 0 Å². The first-order chi connectivity index (χ1) is 8.99. The van der Waals surface area contributed by atoms with E-state index in [4.69, 9.17) is 0 Å². The maximum absolute atomic E-state index is 13.3. The van der Waals surface area contributed by atoms with Gasteiger partial charge in [-0.3, -0.25) is 0 Å². The van der Waals surface area contributed by atoms with Gasteiger partial charge in [0.25, 0.3) is 0 Å². The monoisotopic (exact) mass is 267 g/mol. The number of anilines is 1. The average molecular weight is 267 g/mol. The third-order valence-corrected chi connectivity index (χ3v) is 4.00. The lowest BCUT2D eigenvalue weighted by atomic mass is 9.91. The Kier molecular flexibility index (Phi) is 4.42. The quantitative estimate of drug-likeness (QED) is 0.884. The third kappa shape index (κ3) is 3.25. The van der Waals surface area contributed by atoms with Crippen LogP contribution in [0.4, 0.5) is 10.1 Å². The number of benzene rings is 1. The van der Waals surface area contributed by atoms with Crippen LogP contribution < -0.4 is 4.90 Å². The molecule has 1 aliphatic rings. The van der Waals surface area contributed by atoms with E-state index >= 15 is 0 Å². The van der Waals surface area contributed by atoms with Gasteiger partial charge in [-0.25, -0.2) is 4.39 Å². The molecule has 0 amide bonds. The summed E-state index contributed by atoms with van der Waals surface area (Å²) in [5, 5.41) is 19.4. The van der Waals surface area contributed by atoms with Crippen LogP contribution in [0.3, 0.4) is 0 Å². The van der Waals surface area contributed by atoms with Gasteiger partial charge in [0.15, 0.2) is 0 Å². The molecule has 0 aromatic heterocycles. The van der Waals surface area contributed by atoms with E-state index < -0.39 is 6.10 Å². The lowest BCUT2D eigenvalue weighted by Gasteiger charge is -2.36. The van der Waals surface area contributed by atoms with Gasteiger partial charge in [-0.2, -0.15) is 0 Å². The number of hydrogen-bond acceptors (Lipinski definition) is 3. The smallest absolute Gasteiger partial charge is 0.123 e. The summed E-state index contributed by atoms with van der Waals surface area (Å²) in [4.78, 5) is 2.17. The number of aliphatic hydroxyl groups excluding tert-OH is 2. The van der Waals surface area contributed by atoms with Crippen molar-refractivity contribution in [2.24, 2.45) is 5.92 Å². The third-order valence-electron chi connectivity index (χ3n) is 4.00.